The zero-order valence-corrected chi connectivity index (χ0v) is 9.76. The van der Waals surface area contributed by atoms with Crippen molar-refractivity contribution in [2.24, 2.45) is 0 Å². The van der Waals surface area contributed by atoms with Gasteiger partial charge in [-0.15, -0.1) is 0 Å². The topological polar surface area (TPSA) is 20.2 Å². The highest BCUT2D eigenvalue weighted by Crippen LogP contribution is 2.33. The maximum absolute atomic E-state index is 12.4. The Bertz CT molecular complexity index is 561. The summed E-state index contributed by atoms with van der Waals surface area (Å²) in [6, 6.07) is 9.23. The lowest BCUT2D eigenvalue weighted by Crippen LogP contribution is -2.03. The van der Waals surface area contributed by atoms with Crippen molar-refractivity contribution in [3.8, 4) is 16.9 Å². The molecule has 0 spiro atoms. The summed E-state index contributed by atoms with van der Waals surface area (Å²) in [5, 5.41) is 9.63. The maximum Gasteiger partial charge on any atom is 0.416 e. The van der Waals surface area contributed by atoms with Crippen LogP contribution in [0.15, 0.2) is 42.5 Å². The number of hydrogen-bond acceptors (Lipinski definition) is 1. The van der Waals surface area contributed by atoms with E-state index in [4.69, 9.17) is 11.6 Å². The Hall–Kier alpha value is -1.68. The molecule has 1 nitrogen and oxygen atoms in total. The van der Waals surface area contributed by atoms with Gasteiger partial charge in [-0.05, 0) is 35.4 Å². The minimum absolute atomic E-state index is 0.103. The van der Waals surface area contributed by atoms with E-state index in [-0.39, 0.29) is 10.8 Å². The highest BCUT2D eigenvalue weighted by atomic mass is 35.5. The van der Waals surface area contributed by atoms with E-state index in [0.717, 1.165) is 12.1 Å². The van der Waals surface area contributed by atoms with Crippen LogP contribution in [0.4, 0.5) is 13.2 Å². The summed E-state index contributed by atoms with van der Waals surface area (Å²) < 4.78 is 37.1. The third kappa shape index (κ3) is 2.59. The largest absolute Gasteiger partial charge is 0.506 e. The molecule has 0 aromatic heterocycles. The van der Waals surface area contributed by atoms with Crippen LogP contribution in [0.2, 0.25) is 5.02 Å². The van der Waals surface area contributed by atoms with Crippen molar-refractivity contribution in [3.63, 3.8) is 0 Å². The number of halogens is 4. The number of aromatic hydroxyl groups is 1. The zero-order chi connectivity index (χ0) is 13.3. The van der Waals surface area contributed by atoms with E-state index in [1.165, 1.54) is 24.3 Å². The van der Waals surface area contributed by atoms with Crippen LogP contribution in [0, 0.1) is 0 Å². The van der Waals surface area contributed by atoms with Crippen LogP contribution in [-0.2, 0) is 6.18 Å². The molecule has 0 fully saturated rings. The Morgan fingerprint density at radius 2 is 1.44 bits per heavy atom. The average Bonchev–Trinajstić information content (AvgIpc) is 2.32. The third-order valence-electron chi connectivity index (χ3n) is 2.49. The summed E-state index contributed by atoms with van der Waals surface area (Å²) in [4.78, 5) is 0. The predicted molar refractivity (Wildman–Crippen MR) is 63.6 cm³/mol. The van der Waals surface area contributed by atoms with Crippen molar-refractivity contribution in [1.29, 1.82) is 0 Å². The van der Waals surface area contributed by atoms with Crippen LogP contribution >= 0.6 is 11.6 Å². The molecule has 0 amide bonds. The molecule has 0 unspecified atom stereocenters. The summed E-state index contributed by atoms with van der Waals surface area (Å²) in [5.41, 5.74) is 0.477. The maximum atomic E-state index is 12.4. The summed E-state index contributed by atoms with van der Waals surface area (Å²) in [6.07, 6.45) is -4.35. The fourth-order valence-electron chi connectivity index (χ4n) is 1.54. The van der Waals surface area contributed by atoms with E-state index in [1.54, 1.807) is 6.07 Å². The minimum atomic E-state index is -4.35. The highest BCUT2D eigenvalue weighted by molar-refractivity contribution is 6.32. The lowest BCUT2D eigenvalue weighted by Gasteiger charge is -2.08. The van der Waals surface area contributed by atoms with Crippen LogP contribution in [0.1, 0.15) is 5.56 Å². The fraction of sp³-hybridized carbons (Fsp3) is 0.0769. The Morgan fingerprint density at radius 3 is 1.94 bits per heavy atom. The molecule has 5 heteroatoms. The van der Waals surface area contributed by atoms with Crippen LogP contribution in [-0.4, -0.2) is 5.11 Å². The molecule has 0 atom stereocenters. The van der Waals surface area contributed by atoms with Crippen LogP contribution in [0.25, 0.3) is 11.1 Å². The van der Waals surface area contributed by atoms with Gasteiger partial charge >= 0.3 is 6.18 Å². The van der Waals surface area contributed by atoms with Gasteiger partial charge in [0.25, 0.3) is 0 Å². The van der Waals surface area contributed by atoms with E-state index in [2.05, 4.69) is 0 Å². The first kappa shape index (κ1) is 12.8. The summed E-state index contributed by atoms with van der Waals surface area (Å²) in [7, 11) is 0. The van der Waals surface area contributed by atoms with Gasteiger partial charge in [-0.3, -0.25) is 0 Å². The molecule has 2 aromatic rings. The molecular weight excluding hydrogens is 265 g/mol. The van der Waals surface area contributed by atoms with E-state index in [1.807, 2.05) is 0 Å². The van der Waals surface area contributed by atoms with Gasteiger partial charge in [0.1, 0.15) is 5.75 Å². The molecule has 0 aliphatic carbocycles. The first-order chi connectivity index (χ1) is 8.38. The van der Waals surface area contributed by atoms with E-state index in [0.29, 0.717) is 11.1 Å². The zero-order valence-electron chi connectivity index (χ0n) is 9.00. The average molecular weight is 273 g/mol. The number of phenolic OH excluding ortho intramolecular Hbond substituents is 1. The van der Waals surface area contributed by atoms with E-state index < -0.39 is 11.7 Å². The normalized spacial score (nSPS) is 11.6. The van der Waals surface area contributed by atoms with Gasteiger partial charge in [0.05, 0.1) is 10.6 Å². The van der Waals surface area contributed by atoms with E-state index >= 15 is 0 Å². The molecule has 0 aliphatic rings. The molecule has 0 saturated carbocycles. The molecule has 1 N–H and O–H groups in total. The van der Waals surface area contributed by atoms with Gasteiger partial charge in [0.15, 0.2) is 0 Å². The van der Waals surface area contributed by atoms with Gasteiger partial charge in [-0.1, -0.05) is 29.8 Å². The second-order valence-corrected chi connectivity index (χ2v) is 4.15. The smallest absolute Gasteiger partial charge is 0.416 e. The summed E-state index contributed by atoms with van der Waals surface area (Å²) in [5.74, 6) is -0.103. The van der Waals surface area contributed by atoms with Crippen LogP contribution in [0.5, 0.6) is 5.75 Å². The fourth-order valence-corrected chi connectivity index (χ4v) is 1.66. The Kier molecular flexibility index (Phi) is 3.22. The molecule has 0 aliphatic heterocycles. The van der Waals surface area contributed by atoms with Crippen molar-refractivity contribution in [1.82, 2.24) is 0 Å². The third-order valence-corrected chi connectivity index (χ3v) is 2.81. The van der Waals surface area contributed by atoms with Crippen molar-refractivity contribution >= 4 is 11.6 Å². The molecule has 2 aromatic carbocycles. The molecule has 94 valence electrons. The van der Waals surface area contributed by atoms with Crippen LogP contribution < -0.4 is 0 Å². The molecule has 2 rings (SSSR count). The quantitative estimate of drug-likeness (QED) is 0.795. The standard InChI is InChI=1S/C13H8ClF3O/c14-11-6-3-9(7-12(11)18)8-1-4-10(5-2-8)13(15,16)17/h1-7,18H. The molecule has 0 radical (unpaired) electrons. The number of alkyl halides is 3. The lowest BCUT2D eigenvalue weighted by molar-refractivity contribution is -0.137. The monoisotopic (exact) mass is 272 g/mol. The van der Waals surface area contributed by atoms with Gasteiger partial charge in [0.2, 0.25) is 0 Å². The van der Waals surface area contributed by atoms with Gasteiger partial charge < -0.3 is 5.11 Å². The van der Waals surface area contributed by atoms with Crippen LogP contribution in [0.3, 0.4) is 0 Å². The number of benzene rings is 2. The Balaban J connectivity index is 2.37. The number of rotatable bonds is 1. The Morgan fingerprint density at radius 1 is 0.889 bits per heavy atom. The SMILES string of the molecule is Oc1cc(-c2ccc(C(F)(F)F)cc2)ccc1Cl. The summed E-state index contributed by atoms with van der Waals surface area (Å²) >= 11 is 5.65. The second kappa shape index (κ2) is 4.53. The second-order valence-electron chi connectivity index (χ2n) is 3.74. The number of phenols is 1. The van der Waals surface area contributed by atoms with Crippen molar-refractivity contribution in [3.05, 3.63) is 53.1 Å². The lowest BCUT2D eigenvalue weighted by atomic mass is 10.0. The van der Waals surface area contributed by atoms with Crippen molar-refractivity contribution < 1.29 is 18.3 Å². The predicted octanol–water partition coefficient (Wildman–Crippen LogP) is 4.73. The van der Waals surface area contributed by atoms with Crippen molar-refractivity contribution in [2.75, 3.05) is 0 Å². The van der Waals surface area contributed by atoms with Gasteiger partial charge in [0, 0.05) is 0 Å². The first-order valence-electron chi connectivity index (χ1n) is 5.04. The highest BCUT2D eigenvalue weighted by Gasteiger charge is 2.29. The minimum Gasteiger partial charge on any atom is -0.506 e. The summed E-state index contributed by atoms with van der Waals surface area (Å²) in [6.45, 7) is 0. The molecule has 0 saturated heterocycles. The number of hydrogen-bond donors (Lipinski definition) is 1. The van der Waals surface area contributed by atoms with E-state index in [9.17, 15) is 18.3 Å². The molecular formula is C13H8ClF3O. The molecule has 18 heavy (non-hydrogen) atoms. The van der Waals surface area contributed by atoms with Gasteiger partial charge in [-0.2, -0.15) is 13.2 Å². The van der Waals surface area contributed by atoms with Gasteiger partial charge in [-0.25, -0.2) is 0 Å². The molecule has 0 heterocycles. The molecule has 0 bridgehead atoms. The Labute approximate surface area is 106 Å². The first-order valence-corrected chi connectivity index (χ1v) is 5.42. The van der Waals surface area contributed by atoms with Crippen molar-refractivity contribution in [2.45, 2.75) is 6.18 Å².